The molecule has 10 heteroatoms. The highest BCUT2D eigenvalue weighted by molar-refractivity contribution is 7.97. The predicted molar refractivity (Wildman–Crippen MR) is 118 cm³/mol. The molecule has 0 spiro atoms. The van der Waals surface area contributed by atoms with Crippen LogP contribution in [-0.2, 0) is 17.9 Å². The van der Waals surface area contributed by atoms with Crippen molar-refractivity contribution in [3.05, 3.63) is 76.0 Å². The molecule has 1 amide bonds. The molecule has 0 radical (unpaired) electrons. The van der Waals surface area contributed by atoms with E-state index < -0.39 is 5.56 Å². The predicted octanol–water partition coefficient (Wildman–Crippen LogP) is 1.78. The summed E-state index contributed by atoms with van der Waals surface area (Å²) >= 11 is 1.31. The molecule has 3 aromatic rings. The van der Waals surface area contributed by atoms with Gasteiger partial charge in [0.25, 0.3) is 5.56 Å². The highest BCUT2D eigenvalue weighted by atomic mass is 32.2. The maximum atomic E-state index is 12.7. The van der Waals surface area contributed by atoms with Crippen molar-refractivity contribution in [2.24, 2.45) is 0 Å². The van der Waals surface area contributed by atoms with E-state index in [1.807, 2.05) is 43.3 Å². The molecule has 0 atom stereocenters. The van der Waals surface area contributed by atoms with Crippen LogP contribution in [0.2, 0.25) is 0 Å². The van der Waals surface area contributed by atoms with Gasteiger partial charge in [0.15, 0.2) is 0 Å². The van der Waals surface area contributed by atoms with Crippen molar-refractivity contribution in [1.29, 1.82) is 0 Å². The Morgan fingerprint density at radius 2 is 1.93 bits per heavy atom. The number of hydrazine groups is 1. The number of carbonyl (C=O) groups excluding carboxylic acids is 1. The molecule has 3 rings (SSSR count). The summed E-state index contributed by atoms with van der Waals surface area (Å²) < 4.78 is 1.37. The van der Waals surface area contributed by atoms with Crippen LogP contribution in [-0.4, -0.2) is 20.4 Å². The highest BCUT2D eigenvalue weighted by Crippen LogP contribution is 2.12. The Kier molecular flexibility index (Phi) is 7.04. The molecule has 2 aromatic heterocycles. The van der Waals surface area contributed by atoms with Crippen LogP contribution in [0.5, 0.6) is 0 Å². The third kappa shape index (κ3) is 5.58. The van der Waals surface area contributed by atoms with Gasteiger partial charge >= 0.3 is 0 Å². The van der Waals surface area contributed by atoms with E-state index in [-0.39, 0.29) is 18.3 Å². The lowest BCUT2D eigenvalue weighted by Crippen LogP contribution is -2.35. The lowest BCUT2D eigenvalue weighted by atomic mass is 10.2. The van der Waals surface area contributed by atoms with Crippen molar-refractivity contribution in [3.63, 3.8) is 0 Å². The van der Waals surface area contributed by atoms with Crippen LogP contribution in [0.1, 0.15) is 17.0 Å². The summed E-state index contributed by atoms with van der Waals surface area (Å²) in [4.78, 5) is 37.3. The van der Waals surface area contributed by atoms with Crippen LogP contribution in [0.4, 0.5) is 11.6 Å². The molecule has 0 aliphatic carbocycles. The second-order valence-corrected chi connectivity index (χ2v) is 7.42. The van der Waals surface area contributed by atoms with Gasteiger partial charge in [-0.1, -0.05) is 24.3 Å². The largest absolute Gasteiger partial charge is 0.384 e. The Morgan fingerprint density at radius 1 is 1.17 bits per heavy atom. The molecular formula is C20H23N7O2S. The third-order valence-corrected chi connectivity index (χ3v) is 5.04. The molecule has 30 heavy (non-hydrogen) atoms. The molecule has 0 aliphatic rings. The number of nitrogens with one attached hydrogen (secondary N) is 3. The monoisotopic (exact) mass is 425 g/mol. The number of aromatic nitrogens is 3. The van der Waals surface area contributed by atoms with E-state index in [9.17, 15) is 9.59 Å². The number of carbonyl (C=O) groups is 1. The molecule has 0 saturated carbocycles. The summed E-state index contributed by atoms with van der Waals surface area (Å²) in [7, 11) is 0. The van der Waals surface area contributed by atoms with Crippen LogP contribution in [0.3, 0.4) is 0 Å². The minimum absolute atomic E-state index is 0.107. The highest BCUT2D eigenvalue weighted by Gasteiger charge is 2.12. The molecule has 0 bridgehead atoms. The first-order valence-electron chi connectivity index (χ1n) is 9.22. The standard InChI is InChI=1S/C20H23N7O2S/c1-13-10-23-19(25-26-30-16-6-4-3-5-7-16)20(29)27(13)12-18(28)22-11-15-8-9-17(21)24-14(15)2/h3-10,26H,11-12H2,1-2H3,(H2,21,24)(H,22,28)(H,23,25). The average Bonchev–Trinajstić information content (AvgIpc) is 2.73. The van der Waals surface area contributed by atoms with E-state index >= 15 is 0 Å². The summed E-state index contributed by atoms with van der Waals surface area (Å²) in [6.45, 7) is 3.74. The van der Waals surface area contributed by atoms with Gasteiger partial charge in [0.05, 0.1) is 0 Å². The Hall–Kier alpha value is -3.37. The number of nitrogen functional groups attached to an aromatic ring is 1. The lowest BCUT2D eigenvalue weighted by Gasteiger charge is -2.13. The average molecular weight is 426 g/mol. The number of nitrogens with two attached hydrogens (primary N) is 1. The smallest absolute Gasteiger partial charge is 0.295 e. The van der Waals surface area contributed by atoms with Gasteiger partial charge in [-0.3, -0.25) is 19.6 Å². The number of nitrogens with zero attached hydrogens (tertiary/aromatic N) is 3. The molecule has 0 unspecified atom stereocenters. The molecule has 5 N–H and O–H groups in total. The summed E-state index contributed by atoms with van der Waals surface area (Å²) in [6, 6.07) is 13.1. The Labute approximate surface area is 178 Å². The van der Waals surface area contributed by atoms with Crippen LogP contribution in [0.15, 0.2) is 58.4 Å². The second kappa shape index (κ2) is 9.90. The molecule has 2 heterocycles. The first-order valence-corrected chi connectivity index (χ1v) is 10.0. The van der Waals surface area contributed by atoms with Gasteiger partial charge in [0.2, 0.25) is 11.7 Å². The third-order valence-electron chi connectivity index (χ3n) is 4.33. The van der Waals surface area contributed by atoms with Crippen LogP contribution < -0.4 is 26.9 Å². The van der Waals surface area contributed by atoms with Crippen molar-refractivity contribution in [1.82, 2.24) is 24.7 Å². The first-order chi connectivity index (χ1) is 14.4. The number of hydrogen-bond donors (Lipinski definition) is 4. The maximum absolute atomic E-state index is 12.7. The van der Waals surface area contributed by atoms with Gasteiger partial charge in [-0.05, 0) is 49.6 Å². The van der Waals surface area contributed by atoms with E-state index in [1.165, 1.54) is 16.5 Å². The zero-order valence-corrected chi connectivity index (χ0v) is 17.5. The SMILES string of the molecule is Cc1nc(N)ccc1CNC(=O)Cn1c(C)cnc(NNSc2ccccc2)c1=O. The Bertz CT molecular complexity index is 1090. The number of amides is 1. The first kappa shape index (κ1) is 21.3. The molecule has 1 aromatic carbocycles. The quantitative estimate of drug-likeness (QED) is 0.318. The van der Waals surface area contributed by atoms with E-state index in [0.717, 1.165) is 16.2 Å². The lowest BCUT2D eigenvalue weighted by molar-refractivity contribution is -0.121. The second-order valence-electron chi connectivity index (χ2n) is 6.54. The summed E-state index contributed by atoms with van der Waals surface area (Å²) in [5, 5.41) is 2.81. The zero-order chi connectivity index (χ0) is 21.5. The van der Waals surface area contributed by atoms with Crippen LogP contribution in [0.25, 0.3) is 0 Å². The number of aryl methyl sites for hydroxylation is 2. The summed E-state index contributed by atoms with van der Waals surface area (Å²) in [5.41, 5.74) is 10.2. The van der Waals surface area contributed by atoms with Crippen LogP contribution >= 0.6 is 11.9 Å². The molecule has 156 valence electrons. The van der Waals surface area contributed by atoms with Crippen molar-refractivity contribution in [3.8, 4) is 0 Å². The normalized spacial score (nSPS) is 10.6. The number of rotatable bonds is 8. The van der Waals surface area contributed by atoms with Crippen molar-refractivity contribution in [2.45, 2.75) is 31.8 Å². The number of benzene rings is 1. The number of hydrogen-bond acceptors (Lipinski definition) is 8. The van der Waals surface area contributed by atoms with Gasteiger partial charge in [-0.25, -0.2) is 9.97 Å². The van der Waals surface area contributed by atoms with Gasteiger partial charge in [0.1, 0.15) is 12.4 Å². The fraction of sp³-hybridized carbons (Fsp3) is 0.200. The summed E-state index contributed by atoms with van der Waals surface area (Å²) in [6.07, 6.45) is 1.54. The molecule has 0 aliphatic heterocycles. The maximum Gasteiger partial charge on any atom is 0.295 e. The van der Waals surface area contributed by atoms with E-state index in [2.05, 4.69) is 25.5 Å². The van der Waals surface area contributed by atoms with E-state index in [0.29, 0.717) is 18.1 Å². The minimum Gasteiger partial charge on any atom is -0.384 e. The van der Waals surface area contributed by atoms with Crippen molar-refractivity contribution >= 4 is 29.5 Å². The van der Waals surface area contributed by atoms with E-state index in [4.69, 9.17) is 5.73 Å². The van der Waals surface area contributed by atoms with Crippen molar-refractivity contribution < 1.29 is 4.79 Å². The minimum atomic E-state index is -0.392. The number of pyridine rings is 1. The Balaban J connectivity index is 1.61. The van der Waals surface area contributed by atoms with Gasteiger partial charge < -0.3 is 11.1 Å². The topological polar surface area (TPSA) is 127 Å². The fourth-order valence-corrected chi connectivity index (χ4v) is 3.22. The zero-order valence-electron chi connectivity index (χ0n) is 16.7. The molecule has 0 fully saturated rings. The molecule has 0 saturated heterocycles. The van der Waals surface area contributed by atoms with Gasteiger partial charge in [0, 0.05) is 29.0 Å². The number of anilines is 2. The summed E-state index contributed by atoms with van der Waals surface area (Å²) in [5.74, 6) is 0.246. The van der Waals surface area contributed by atoms with Gasteiger partial charge in [-0.15, -0.1) is 0 Å². The molecular weight excluding hydrogens is 402 g/mol. The molecule has 9 nitrogen and oxygen atoms in total. The van der Waals surface area contributed by atoms with E-state index in [1.54, 1.807) is 19.2 Å². The Morgan fingerprint density at radius 3 is 2.67 bits per heavy atom. The van der Waals surface area contributed by atoms with Crippen molar-refractivity contribution in [2.75, 3.05) is 11.2 Å². The van der Waals surface area contributed by atoms with Crippen LogP contribution in [0, 0.1) is 13.8 Å². The van der Waals surface area contributed by atoms with Gasteiger partial charge in [-0.2, -0.15) is 4.83 Å². The fourth-order valence-electron chi connectivity index (χ4n) is 2.66.